The van der Waals surface area contributed by atoms with E-state index in [9.17, 15) is 19.7 Å². The Bertz CT molecular complexity index is 926. The number of esters is 1. The van der Waals surface area contributed by atoms with E-state index in [1.165, 1.54) is 20.1 Å². The molecule has 0 aliphatic heterocycles. The second-order valence-electron chi connectivity index (χ2n) is 6.30. The summed E-state index contributed by atoms with van der Waals surface area (Å²) in [4.78, 5) is 35.6. The van der Waals surface area contributed by atoms with Gasteiger partial charge in [0.2, 0.25) is 0 Å². The average Bonchev–Trinajstić information content (AvgIpc) is 2.73. The molecule has 9 heteroatoms. The van der Waals surface area contributed by atoms with E-state index in [0.29, 0.717) is 5.69 Å². The summed E-state index contributed by atoms with van der Waals surface area (Å²) in [6.07, 6.45) is -0.312. The molecule has 0 spiro atoms. The minimum absolute atomic E-state index is 0.129. The van der Waals surface area contributed by atoms with Crippen LogP contribution in [0.3, 0.4) is 0 Å². The zero-order chi connectivity index (χ0) is 22.3. The van der Waals surface area contributed by atoms with Crippen molar-refractivity contribution in [1.82, 2.24) is 0 Å². The molecule has 30 heavy (non-hydrogen) atoms. The molecule has 160 valence electrons. The molecule has 0 saturated heterocycles. The summed E-state index contributed by atoms with van der Waals surface area (Å²) in [5.41, 5.74) is 0.817. The van der Waals surface area contributed by atoms with Crippen LogP contribution in [0, 0.1) is 10.1 Å². The van der Waals surface area contributed by atoms with E-state index in [2.05, 4.69) is 5.32 Å². The molecule has 0 heterocycles. The molecule has 0 fully saturated rings. The first kappa shape index (κ1) is 22.7. The van der Waals surface area contributed by atoms with Gasteiger partial charge < -0.3 is 19.5 Å². The van der Waals surface area contributed by atoms with Crippen molar-refractivity contribution in [2.24, 2.45) is 0 Å². The second-order valence-corrected chi connectivity index (χ2v) is 6.30. The molecule has 2 aromatic carbocycles. The summed E-state index contributed by atoms with van der Waals surface area (Å²) in [5.74, 6) is -1.31. The van der Waals surface area contributed by atoms with E-state index in [1.807, 2.05) is 19.1 Å². The molecule has 9 nitrogen and oxygen atoms in total. The first-order chi connectivity index (χ1) is 14.3. The molecule has 2 rings (SSSR count). The Balaban J connectivity index is 2.18. The highest BCUT2D eigenvalue weighted by atomic mass is 16.6. The van der Waals surface area contributed by atoms with Gasteiger partial charge in [0.25, 0.3) is 11.6 Å². The topological polar surface area (TPSA) is 117 Å². The smallest absolute Gasteiger partial charge is 0.346 e. The molecule has 0 saturated carbocycles. The highest BCUT2D eigenvalue weighted by molar-refractivity contribution is 5.99. The van der Waals surface area contributed by atoms with Crippen LogP contribution in [0.4, 0.5) is 11.4 Å². The van der Waals surface area contributed by atoms with Crippen LogP contribution in [0.15, 0.2) is 36.4 Å². The van der Waals surface area contributed by atoms with Gasteiger partial charge >= 0.3 is 5.97 Å². The molecule has 1 atom stereocenters. The Hall–Kier alpha value is -3.62. The van der Waals surface area contributed by atoms with Crippen LogP contribution in [0.5, 0.6) is 11.5 Å². The number of ether oxygens (including phenoxy) is 3. The van der Waals surface area contributed by atoms with Crippen LogP contribution < -0.4 is 14.8 Å². The molecule has 0 aromatic heterocycles. The van der Waals surface area contributed by atoms with Gasteiger partial charge in [0, 0.05) is 11.8 Å². The fourth-order valence-corrected chi connectivity index (χ4v) is 2.64. The van der Waals surface area contributed by atoms with Crippen molar-refractivity contribution in [1.29, 1.82) is 0 Å². The van der Waals surface area contributed by atoms with Crippen LogP contribution in [0.1, 0.15) is 36.7 Å². The number of nitro groups is 1. The summed E-state index contributed by atoms with van der Waals surface area (Å²) >= 11 is 0. The number of aryl methyl sites for hydroxylation is 1. The van der Waals surface area contributed by atoms with E-state index in [-0.39, 0.29) is 23.7 Å². The molecule has 0 aliphatic rings. The zero-order valence-electron chi connectivity index (χ0n) is 17.3. The number of carbonyl (C=O) groups is 2. The number of benzene rings is 2. The lowest BCUT2D eigenvalue weighted by atomic mass is 10.1. The minimum atomic E-state index is -1.18. The summed E-state index contributed by atoms with van der Waals surface area (Å²) < 4.78 is 15.6. The van der Waals surface area contributed by atoms with Crippen molar-refractivity contribution >= 4 is 23.3 Å². The van der Waals surface area contributed by atoms with Gasteiger partial charge in [-0.2, -0.15) is 0 Å². The Morgan fingerprint density at radius 2 is 1.80 bits per heavy atom. The minimum Gasteiger partial charge on any atom is -0.493 e. The third kappa shape index (κ3) is 5.47. The molecule has 1 N–H and O–H groups in total. The molecule has 0 bridgehead atoms. The zero-order valence-corrected chi connectivity index (χ0v) is 17.3. The predicted octanol–water partition coefficient (Wildman–Crippen LogP) is 3.75. The van der Waals surface area contributed by atoms with Crippen molar-refractivity contribution in [2.75, 3.05) is 19.0 Å². The van der Waals surface area contributed by atoms with Crippen molar-refractivity contribution in [2.45, 2.75) is 33.3 Å². The maximum Gasteiger partial charge on any atom is 0.346 e. The Morgan fingerprint density at radius 3 is 2.33 bits per heavy atom. The number of nitro benzene ring substituents is 1. The van der Waals surface area contributed by atoms with Crippen LogP contribution in [-0.4, -0.2) is 36.6 Å². The quantitative estimate of drug-likeness (QED) is 0.376. The van der Waals surface area contributed by atoms with Crippen molar-refractivity contribution < 1.29 is 28.7 Å². The summed E-state index contributed by atoms with van der Waals surface area (Å²) in [5, 5.41) is 14.1. The van der Waals surface area contributed by atoms with E-state index in [1.54, 1.807) is 19.1 Å². The van der Waals surface area contributed by atoms with Crippen molar-refractivity contribution in [3.8, 4) is 11.5 Å². The SMILES string of the molecule is CCOc1cc([N+](=O)[O-])c(C(=O)O[C@@H](C)C(=O)Nc2ccc(CC)cc2)cc1OC. The van der Waals surface area contributed by atoms with Gasteiger partial charge in [0.15, 0.2) is 17.6 Å². The summed E-state index contributed by atoms with van der Waals surface area (Å²) in [6, 6.07) is 9.50. The van der Waals surface area contributed by atoms with Crippen LogP contribution >= 0.6 is 0 Å². The number of hydrogen-bond acceptors (Lipinski definition) is 7. The number of carbonyl (C=O) groups excluding carboxylic acids is 2. The molecule has 0 radical (unpaired) electrons. The van der Waals surface area contributed by atoms with Gasteiger partial charge in [0.1, 0.15) is 5.56 Å². The van der Waals surface area contributed by atoms with Gasteiger partial charge in [-0.1, -0.05) is 19.1 Å². The molecular weight excluding hydrogens is 392 g/mol. The van der Waals surface area contributed by atoms with Crippen molar-refractivity contribution in [3.63, 3.8) is 0 Å². The standard InChI is InChI=1S/C21H24N2O7/c1-5-14-7-9-15(10-8-14)22-20(24)13(3)30-21(25)16-11-18(28-4)19(29-6-2)12-17(16)23(26)27/h7-13H,5-6H2,1-4H3,(H,22,24)/t13-/m0/s1. The summed E-state index contributed by atoms with van der Waals surface area (Å²) in [7, 11) is 1.35. The largest absolute Gasteiger partial charge is 0.493 e. The number of methoxy groups -OCH3 is 1. The lowest BCUT2D eigenvalue weighted by molar-refractivity contribution is -0.385. The fourth-order valence-electron chi connectivity index (χ4n) is 2.64. The number of amides is 1. The lowest BCUT2D eigenvalue weighted by Crippen LogP contribution is -2.30. The molecule has 0 unspecified atom stereocenters. The first-order valence-corrected chi connectivity index (χ1v) is 9.40. The number of rotatable bonds is 9. The summed E-state index contributed by atoms with van der Waals surface area (Å²) in [6.45, 7) is 5.37. The maximum absolute atomic E-state index is 12.6. The van der Waals surface area contributed by atoms with Crippen LogP contribution in [-0.2, 0) is 16.0 Å². The number of hydrogen-bond donors (Lipinski definition) is 1. The van der Waals surface area contributed by atoms with Gasteiger partial charge in [-0.15, -0.1) is 0 Å². The first-order valence-electron chi connectivity index (χ1n) is 9.40. The molecule has 1 amide bonds. The van der Waals surface area contributed by atoms with E-state index in [4.69, 9.17) is 14.2 Å². The van der Waals surface area contributed by atoms with Crippen molar-refractivity contribution in [3.05, 3.63) is 57.6 Å². The monoisotopic (exact) mass is 416 g/mol. The van der Waals surface area contributed by atoms with Crippen LogP contribution in [0.2, 0.25) is 0 Å². The van der Waals surface area contributed by atoms with Gasteiger partial charge in [0.05, 0.1) is 24.7 Å². The molecule has 2 aromatic rings. The van der Waals surface area contributed by atoms with E-state index >= 15 is 0 Å². The third-order valence-corrected chi connectivity index (χ3v) is 4.28. The second kappa shape index (κ2) is 10.2. The molecule has 0 aliphatic carbocycles. The number of anilines is 1. The normalized spacial score (nSPS) is 11.3. The van der Waals surface area contributed by atoms with E-state index in [0.717, 1.165) is 18.1 Å². The maximum atomic E-state index is 12.6. The Morgan fingerprint density at radius 1 is 1.13 bits per heavy atom. The Kier molecular flexibility index (Phi) is 7.74. The van der Waals surface area contributed by atoms with Gasteiger partial charge in [-0.3, -0.25) is 14.9 Å². The fraction of sp³-hybridized carbons (Fsp3) is 0.333. The van der Waals surface area contributed by atoms with Gasteiger partial charge in [-0.05, 0) is 38.0 Å². The predicted molar refractivity (Wildman–Crippen MR) is 110 cm³/mol. The number of nitrogens with one attached hydrogen (secondary N) is 1. The highest BCUT2D eigenvalue weighted by Crippen LogP contribution is 2.35. The Labute approximate surface area is 174 Å². The molecular formula is C21H24N2O7. The third-order valence-electron chi connectivity index (χ3n) is 4.28. The van der Waals surface area contributed by atoms with E-state index < -0.39 is 28.6 Å². The lowest BCUT2D eigenvalue weighted by Gasteiger charge is -2.15. The average molecular weight is 416 g/mol. The highest BCUT2D eigenvalue weighted by Gasteiger charge is 2.28. The number of nitrogens with zero attached hydrogens (tertiary/aromatic N) is 1. The van der Waals surface area contributed by atoms with Gasteiger partial charge in [-0.25, -0.2) is 4.79 Å². The van der Waals surface area contributed by atoms with Crippen LogP contribution in [0.25, 0.3) is 0 Å².